The Kier molecular flexibility index (Phi) is 3.56. The Morgan fingerprint density at radius 1 is 1.42 bits per heavy atom. The van der Waals surface area contributed by atoms with Crippen LogP contribution < -0.4 is 5.32 Å². The molecule has 0 atom stereocenters. The first-order valence-electron chi connectivity index (χ1n) is 5.36. The summed E-state index contributed by atoms with van der Waals surface area (Å²) in [5.74, 6) is -1.99. The van der Waals surface area contributed by atoms with Gasteiger partial charge in [-0.2, -0.15) is 5.10 Å². The standard InChI is InChI=1S/C12H10FN3O3/c13-9-2-1-3-10(4-9)15-11(17)7-16-6-8(5-14-16)12(18)19/h1-6H,7H2,(H,15,17)(H,18,19). The summed E-state index contributed by atoms with van der Waals surface area (Å²) in [6, 6.07) is 5.47. The van der Waals surface area contributed by atoms with Gasteiger partial charge < -0.3 is 10.4 Å². The van der Waals surface area contributed by atoms with E-state index in [1.165, 1.54) is 29.1 Å². The Morgan fingerprint density at radius 3 is 2.84 bits per heavy atom. The Hall–Kier alpha value is -2.70. The molecule has 0 aliphatic rings. The lowest BCUT2D eigenvalue weighted by Gasteiger charge is -2.05. The summed E-state index contributed by atoms with van der Waals surface area (Å²) in [5.41, 5.74) is 0.328. The molecule has 0 unspecified atom stereocenters. The van der Waals surface area contributed by atoms with Gasteiger partial charge in [0, 0.05) is 11.9 Å². The van der Waals surface area contributed by atoms with Crippen LogP contribution in [-0.4, -0.2) is 26.8 Å². The number of rotatable bonds is 4. The fourth-order valence-corrected chi connectivity index (χ4v) is 1.47. The number of benzene rings is 1. The molecule has 1 heterocycles. The van der Waals surface area contributed by atoms with Crippen LogP contribution in [0.2, 0.25) is 0 Å². The van der Waals surface area contributed by atoms with Crippen LogP contribution in [0, 0.1) is 5.82 Å². The zero-order chi connectivity index (χ0) is 13.8. The average molecular weight is 263 g/mol. The third kappa shape index (κ3) is 3.38. The van der Waals surface area contributed by atoms with Gasteiger partial charge in [-0.05, 0) is 18.2 Å². The van der Waals surface area contributed by atoms with Crippen LogP contribution in [-0.2, 0) is 11.3 Å². The van der Waals surface area contributed by atoms with Gasteiger partial charge in [-0.15, -0.1) is 0 Å². The second-order valence-corrected chi connectivity index (χ2v) is 3.79. The molecule has 98 valence electrons. The molecular formula is C12H10FN3O3. The number of amides is 1. The smallest absolute Gasteiger partial charge is 0.338 e. The molecular weight excluding hydrogens is 253 g/mol. The van der Waals surface area contributed by atoms with Crippen molar-refractivity contribution in [2.24, 2.45) is 0 Å². The summed E-state index contributed by atoms with van der Waals surface area (Å²) in [5, 5.41) is 14.9. The summed E-state index contributed by atoms with van der Waals surface area (Å²) < 4.78 is 14.1. The summed E-state index contributed by atoms with van der Waals surface area (Å²) in [6.07, 6.45) is 2.39. The molecule has 0 fully saturated rings. The summed E-state index contributed by atoms with van der Waals surface area (Å²) in [4.78, 5) is 22.3. The van der Waals surface area contributed by atoms with E-state index in [1.807, 2.05) is 0 Å². The molecule has 0 saturated carbocycles. The van der Waals surface area contributed by atoms with Crippen molar-refractivity contribution in [3.8, 4) is 0 Å². The van der Waals surface area contributed by atoms with E-state index in [2.05, 4.69) is 10.4 Å². The summed E-state index contributed by atoms with van der Waals surface area (Å²) >= 11 is 0. The molecule has 0 saturated heterocycles. The fourth-order valence-electron chi connectivity index (χ4n) is 1.47. The SMILES string of the molecule is O=C(Cn1cc(C(=O)O)cn1)Nc1cccc(F)c1. The quantitative estimate of drug-likeness (QED) is 0.872. The van der Waals surface area contributed by atoms with E-state index in [9.17, 15) is 14.0 Å². The first-order valence-corrected chi connectivity index (χ1v) is 5.36. The van der Waals surface area contributed by atoms with Crippen molar-refractivity contribution < 1.29 is 19.1 Å². The maximum absolute atomic E-state index is 12.9. The lowest BCUT2D eigenvalue weighted by atomic mass is 10.3. The van der Waals surface area contributed by atoms with Gasteiger partial charge in [0.15, 0.2) is 0 Å². The van der Waals surface area contributed by atoms with Crippen LogP contribution in [0.5, 0.6) is 0 Å². The second-order valence-electron chi connectivity index (χ2n) is 3.79. The number of halogens is 1. The molecule has 2 N–H and O–H groups in total. The highest BCUT2D eigenvalue weighted by atomic mass is 19.1. The van der Waals surface area contributed by atoms with Gasteiger partial charge in [-0.3, -0.25) is 9.48 Å². The molecule has 1 aromatic carbocycles. The topological polar surface area (TPSA) is 84.2 Å². The van der Waals surface area contributed by atoms with E-state index in [-0.39, 0.29) is 12.1 Å². The molecule has 0 radical (unpaired) electrons. The molecule has 1 amide bonds. The molecule has 0 aliphatic carbocycles. The van der Waals surface area contributed by atoms with E-state index >= 15 is 0 Å². The third-order valence-corrected chi connectivity index (χ3v) is 2.29. The highest BCUT2D eigenvalue weighted by Gasteiger charge is 2.09. The molecule has 6 nitrogen and oxygen atoms in total. The minimum Gasteiger partial charge on any atom is -0.478 e. The van der Waals surface area contributed by atoms with Crippen molar-refractivity contribution in [3.05, 3.63) is 48.0 Å². The van der Waals surface area contributed by atoms with Gasteiger partial charge in [-0.1, -0.05) is 6.07 Å². The molecule has 19 heavy (non-hydrogen) atoms. The average Bonchev–Trinajstić information content (AvgIpc) is 2.77. The van der Waals surface area contributed by atoms with Gasteiger partial charge in [0.25, 0.3) is 0 Å². The van der Waals surface area contributed by atoms with Crippen LogP contribution in [0.1, 0.15) is 10.4 Å². The van der Waals surface area contributed by atoms with E-state index in [0.29, 0.717) is 5.69 Å². The molecule has 7 heteroatoms. The number of hydrogen-bond donors (Lipinski definition) is 2. The maximum atomic E-state index is 12.9. The Morgan fingerprint density at radius 2 is 2.21 bits per heavy atom. The highest BCUT2D eigenvalue weighted by molar-refractivity contribution is 5.91. The number of aromatic nitrogens is 2. The number of anilines is 1. The van der Waals surface area contributed by atoms with Gasteiger partial charge in [0.2, 0.25) is 5.91 Å². The second kappa shape index (κ2) is 5.30. The fraction of sp³-hybridized carbons (Fsp3) is 0.0833. The summed E-state index contributed by atoms with van der Waals surface area (Å²) in [6.45, 7) is -0.149. The number of carbonyl (C=O) groups excluding carboxylic acids is 1. The monoisotopic (exact) mass is 263 g/mol. The molecule has 2 aromatic rings. The molecule has 1 aromatic heterocycles. The van der Waals surface area contributed by atoms with E-state index in [0.717, 1.165) is 6.20 Å². The van der Waals surface area contributed by atoms with Crippen LogP contribution in [0.25, 0.3) is 0 Å². The van der Waals surface area contributed by atoms with Crippen molar-refractivity contribution in [2.75, 3.05) is 5.32 Å². The first kappa shape index (κ1) is 12.7. The zero-order valence-electron chi connectivity index (χ0n) is 9.71. The molecule has 0 bridgehead atoms. The van der Waals surface area contributed by atoms with Gasteiger partial charge >= 0.3 is 5.97 Å². The predicted molar refractivity (Wildman–Crippen MR) is 64.2 cm³/mol. The Balaban J connectivity index is 1.99. The number of nitrogens with zero attached hydrogens (tertiary/aromatic N) is 2. The minimum atomic E-state index is -1.11. The van der Waals surface area contributed by atoms with E-state index in [4.69, 9.17) is 5.11 Å². The lowest BCUT2D eigenvalue weighted by Crippen LogP contribution is -2.19. The van der Waals surface area contributed by atoms with Crippen molar-refractivity contribution in [3.63, 3.8) is 0 Å². The maximum Gasteiger partial charge on any atom is 0.338 e. The number of hydrogen-bond acceptors (Lipinski definition) is 3. The Bertz CT molecular complexity index is 624. The molecule has 2 rings (SSSR count). The lowest BCUT2D eigenvalue weighted by molar-refractivity contribution is -0.116. The molecule has 0 aliphatic heterocycles. The van der Waals surface area contributed by atoms with Crippen LogP contribution >= 0.6 is 0 Å². The van der Waals surface area contributed by atoms with Gasteiger partial charge in [0.1, 0.15) is 12.4 Å². The highest BCUT2D eigenvalue weighted by Crippen LogP contribution is 2.09. The van der Waals surface area contributed by atoms with Crippen molar-refractivity contribution in [1.29, 1.82) is 0 Å². The number of carboxylic acids is 1. The minimum absolute atomic E-state index is 0.00134. The number of nitrogens with one attached hydrogen (secondary N) is 1. The third-order valence-electron chi connectivity index (χ3n) is 2.29. The van der Waals surface area contributed by atoms with Crippen molar-refractivity contribution >= 4 is 17.6 Å². The number of carboxylic acid groups (broad SMARTS) is 1. The zero-order valence-corrected chi connectivity index (χ0v) is 9.71. The van der Waals surface area contributed by atoms with Crippen LogP contribution in [0.4, 0.5) is 10.1 Å². The number of aromatic carboxylic acids is 1. The van der Waals surface area contributed by atoms with Crippen molar-refractivity contribution in [1.82, 2.24) is 9.78 Å². The predicted octanol–water partition coefficient (Wildman–Crippen LogP) is 1.36. The molecule has 0 spiro atoms. The largest absolute Gasteiger partial charge is 0.478 e. The van der Waals surface area contributed by atoms with E-state index in [1.54, 1.807) is 6.07 Å². The summed E-state index contributed by atoms with van der Waals surface area (Å²) in [7, 11) is 0. The normalized spacial score (nSPS) is 10.2. The first-order chi connectivity index (χ1) is 9.04. The number of carbonyl (C=O) groups is 2. The van der Waals surface area contributed by atoms with Crippen molar-refractivity contribution in [2.45, 2.75) is 6.54 Å². The van der Waals surface area contributed by atoms with E-state index < -0.39 is 17.7 Å². The van der Waals surface area contributed by atoms with Crippen LogP contribution in [0.15, 0.2) is 36.7 Å². The van der Waals surface area contributed by atoms with Gasteiger partial charge in [0.05, 0.1) is 11.8 Å². The van der Waals surface area contributed by atoms with Crippen LogP contribution in [0.3, 0.4) is 0 Å². The Labute approximate surface area is 107 Å². The van der Waals surface area contributed by atoms with Gasteiger partial charge in [-0.25, -0.2) is 9.18 Å².